The molecule has 6 nitrogen and oxygen atoms in total. The molecule has 1 fully saturated rings. The molecule has 36 heavy (non-hydrogen) atoms. The molecule has 0 saturated carbocycles. The molecule has 1 aliphatic heterocycles. The first-order valence-corrected chi connectivity index (χ1v) is 13.6. The van der Waals surface area contributed by atoms with E-state index in [1.54, 1.807) is 29.2 Å². The summed E-state index contributed by atoms with van der Waals surface area (Å²) in [6.45, 7) is 5.49. The average Bonchev–Trinajstić information content (AvgIpc) is 2.88. The Morgan fingerprint density at radius 1 is 0.861 bits per heavy atom. The van der Waals surface area contributed by atoms with Gasteiger partial charge in [0.25, 0.3) is 0 Å². The minimum Gasteiger partial charge on any atom is -0.337 e. The van der Waals surface area contributed by atoms with Gasteiger partial charge < -0.3 is 4.90 Å². The lowest BCUT2D eigenvalue weighted by Gasteiger charge is -2.35. The third-order valence-corrected chi connectivity index (χ3v) is 8.43. The number of aryl methyl sites for hydroxylation is 1. The molecular formula is C28H32FN3O3S. The summed E-state index contributed by atoms with van der Waals surface area (Å²) >= 11 is 0. The van der Waals surface area contributed by atoms with Gasteiger partial charge in [-0.05, 0) is 42.3 Å². The van der Waals surface area contributed by atoms with Crippen molar-refractivity contribution in [2.24, 2.45) is 0 Å². The van der Waals surface area contributed by atoms with Gasteiger partial charge in [-0.25, -0.2) is 12.8 Å². The highest BCUT2D eigenvalue weighted by Crippen LogP contribution is 2.18. The van der Waals surface area contributed by atoms with E-state index in [4.69, 9.17) is 0 Å². The quantitative estimate of drug-likeness (QED) is 0.441. The summed E-state index contributed by atoms with van der Waals surface area (Å²) in [5, 5.41) is 0. The summed E-state index contributed by atoms with van der Waals surface area (Å²) in [6, 6.07) is 22.8. The van der Waals surface area contributed by atoms with Crippen LogP contribution in [0.25, 0.3) is 0 Å². The normalized spacial score (nSPS) is 15.1. The smallest absolute Gasteiger partial charge is 0.243 e. The molecule has 0 spiro atoms. The van der Waals surface area contributed by atoms with Crippen molar-refractivity contribution >= 4 is 15.9 Å². The molecule has 0 N–H and O–H groups in total. The molecule has 1 heterocycles. The van der Waals surface area contributed by atoms with Crippen LogP contribution in [0.15, 0.2) is 83.8 Å². The van der Waals surface area contributed by atoms with Crippen molar-refractivity contribution in [1.29, 1.82) is 0 Å². The molecular weight excluding hydrogens is 477 g/mol. The Morgan fingerprint density at radius 2 is 1.50 bits per heavy atom. The molecule has 0 aliphatic carbocycles. The molecule has 1 amide bonds. The Kier molecular flexibility index (Phi) is 8.51. The number of carbonyl (C=O) groups excluding carboxylic acids is 1. The van der Waals surface area contributed by atoms with Crippen molar-refractivity contribution in [3.8, 4) is 0 Å². The van der Waals surface area contributed by atoms with E-state index in [1.165, 1.54) is 16.4 Å². The molecule has 8 heteroatoms. The second kappa shape index (κ2) is 11.8. The van der Waals surface area contributed by atoms with Gasteiger partial charge in [-0.2, -0.15) is 4.31 Å². The Labute approximate surface area is 213 Å². The summed E-state index contributed by atoms with van der Waals surface area (Å²) in [4.78, 5) is 17.5. The maximum absolute atomic E-state index is 13.4. The fourth-order valence-corrected chi connectivity index (χ4v) is 5.72. The summed E-state index contributed by atoms with van der Waals surface area (Å²) in [5.74, 6) is -0.300. The monoisotopic (exact) mass is 509 g/mol. The highest BCUT2D eigenvalue weighted by Gasteiger charge is 2.28. The molecule has 3 aromatic carbocycles. The first-order chi connectivity index (χ1) is 17.3. The lowest BCUT2D eigenvalue weighted by Crippen LogP contribution is -2.50. The largest absolute Gasteiger partial charge is 0.337 e. The van der Waals surface area contributed by atoms with Gasteiger partial charge in [0.1, 0.15) is 5.82 Å². The van der Waals surface area contributed by atoms with Gasteiger partial charge in [0.05, 0.1) is 11.3 Å². The van der Waals surface area contributed by atoms with E-state index in [2.05, 4.69) is 4.90 Å². The van der Waals surface area contributed by atoms with Crippen LogP contribution < -0.4 is 0 Å². The maximum atomic E-state index is 13.4. The van der Waals surface area contributed by atoms with Crippen LogP contribution in [-0.2, 0) is 27.8 Å². The molecule has 3 aromatic rings. The van der Waals surface area contributed by atoms with E-state index < -0.39 is 10.0 Å². The van der Waals surface area contributed by atoms with Crippen molar-refractivity contribution in [2.45, 2.75) is 24.8 Å². The number of hydrogen-bond donors (Lipinski definition) is 0. The number of benzene rings is 3. The van der Waals surface area contributed by atoms with E-state index in [1.807, 2.05) is 49.4 Å². The summed E-state index contributed by atoms with van der Waals surface area (Å²) in [7, 11) is -3.51. The van der Waals surface area contributed by atoms with Crippen LogP contribution >= 0.6 is 0 Å². The Morgan fingerprint density at radius 3 is 2.14 bits per heavy atom. The lowest BCUT2D eigenvalue weighted by atomic mass is 10.1. The fraction of sp³-hybridized carbons (Fsp3) is 0.321. The van der Waals surface area contributed by atoms with Crippen LogP contribution in [0, 0.1) is 12.7 Å². The number of nitrogens with zero attached hydrogens (tertiary/aromatic N) is 3. The fourth-order valence-electron chi connectivity index (χ4n) is 4.30. The third kappa shape index (κ3) is 6.78. The third-order valence-electron chi connectivity index (χ3n) is 6.51. The van der Waals surface area contributed by atoms with E-state index in [9.17, 15) is 17.6 Å². The average molecular weight is 510 g/mol. The van der Waals surface area contributed by atoms with Crippen LogP contribution in [0.4, 0.5) is 4.39 Å². The van der Waals surface area contributed by atoms with Gasteiger partial charge in [0.15, 0.2) is 0 Å². The number of halogens is 1. The highest BCUT2D eigenvalue weighted by molar-refractivity contribution is 7.89. The molecule has 0 bridgehead atoms. The predicted molar refractivity (Wildman–Crippen MR) is 138 cm³/mol. The molecule has 1 aliphatic rings. The zero-order valence-electron chi connectivity index (χ0n) is 20.5. The SMILES string of the molecule is Cc1ccc(S(=O)(=O)N2CCN(CCN(Cc3ccc(F)cc3)C(=O)Cc3ccccc3)CC2)cc1. The van der Waals surface area contributed by atoms with Crippen LogP contribution in [0.5, 0.6) is 0 Å². The molecule has 1 saturated heterocycles. The Hall–Kier alpha value is -3.07. The number of amides is 1. The summed E-state index contributed by atoms with van der Waals surface area (Å²) < 4.78 is 40.9. The lowest BCUT2D eigenvalue weighted by molar-refractivity contribution is -0.131. The number of piperazine rings is 1. The van der Waals surface area contributed by atoms with E-state index in [0.29, 0.717) is 57.1 Å². The highest BCUT2D eigenvalue weighted by atomic mass is 32.2. The molecule has 0 aromatic heterocycles. The van der Waals surface area contributed by atoms with Crippen LogP contribution in [0.2, 0.25) is 0 Å². The number of carbonyl (C=O) groups is 1. The Bertz CT molecular complexity index is 1240. The Balaban J connectivity index is 1.36. The summed E-state index contributed by atoms with van der Waals surface area (Å²) in [6.07, 6.45) is 0.296. The molecule has 4 rings (SSSR count). The van der Waals surface area contributed by atoms with Crippen molar-refractivity contribution < 1.29 is 17.6 Å². The van der Waals surface area contributed by atoms with E-state index in [0.717, 1.165) is 16.7 Å². The minimum atomic E-state index is -3.51. The van der Waals surface area contributed by atoms with Gasteiger partial charge in [-0.15, -0.1) is 0 Å². The van der Waals surface area contributed by atoms with Crippen molar-refractivity contribution in [3.63, 3.8) is 0 Å². The van der Waals surface area contributed by atoms with Gasteiger partial charge in [-0.3, -0.25) is 9.69 Å². The van der Waals surface area contributed by atoms with Crippen molar-refractivity contribution in [1.82, 2.24) is 14.1 Å². The molecule has 190 valence electrons. The first-order valence-electron chi connectivity index (χ1n) is 12.2. The van der Waals surface area contributed by atoms with E-state index in [-0.39, 0.29) is 11.7 Å². The zero-order valence-corrected chi connectivity index (χ0v) is 21.3. The first kappa shape index (κ1) is 26.0. The molecule has 0 atom stereocenters. The van der Waals surface area contributed by atoms with Crippen LogP contribution in [-0.4, -0.2) is 67.7 Å². The minimum absolute atomic E-state index is 0.00566. The van der Waals surface area contributed by atoms with Gasteiger partial charge in [0.2, 0.25) is 15.9 Å². The van der Waals surface area contributed by atoms with Crippen molar-refractivity contribution in [3.05, 3.63) is 101 Å². The van der Waals surface area contributed by atoms with Gasteiger partial charge in [-0.1, -0.05) is 60.2 Å². The molecule has 0 unspecified atom stereocenters. The van der Waals surface area contributed by atoms with E-state index >= 15 is 0 Å². The standard InChI is InChI=1S/C28H32FN3O3S/c1-23-7-13-27(14-8-23)36(34,35)32-19-16-30(17-20-32)15-18-31(22-25-9-11-26(29)12-10-25)28(33)21-24-5-3-2-4-6-24/h2-14H,15-22H2,1H3. The zero-order chi connectivity index (χ0) is 25.5. The second-order valence-electron chi connectivity index (χ2n) is 9.16. The predicted octanol–water partition coefficient (Wildman–Crippen LogP) is 3.71. The van der Waals surface area contributed by atoms with Crippen molar-refractivity contribution in [2.75, 3.05) is 39.3 Å². The second-order valence-corrected chi connectivity index (χ2v) is 11.1. The maximum Gasteiger partial charge on any atom is 0.243 e. The van der Waals surface area contributed by atoms with Gasteiger partial charge in [0, 0.05) is 45.8 Å². The molecule has 0 radical (unpaired) electrons. The summed E-state index contributed by atoms with van der Waals surface area (Å²) in [5.41, 5.74) is 2.83. The number of hydrogen-bond acceptors (Lipinski definition) is 4. The topological polar surface area (TPSA) is 60.9 Å². The van der Waals surface area contributed by atoms with Gasteiger partial charge >= 0.3 is 0 Å². The number of sulfonamides is 1. The van der Waals surface area contributed by atoms with Crippen LogP contribution in [0.3, 0.4) is 0 Å². The van der Waals surface area contributed by atoms with Crippen LogP contribution in [0.1, 0.15) is 16.7 Å². The number of rotatable bonds is 9.